The van der Waals surface area contributed by atoms with Gasteiger partial charge in [0, 0.05) is 17.5 Å². The summed E-state index contributed by atoms with van der Waals surface area (Å²) in [6, 6.07) is 16.5. The van der Waals surface area contributed by atoms with Gasteiger partial charge >= 0.3 is 0 Å². The third kappa shape index (κ3) is 3.63. The Hall–Kier alpha value is -2.66. The number of carbonyl (C=O) groups is 1. The van der Waals surface area contributed by atoms with E-state index in [1.807, 2.05) is 24.3 Å². The second-order valence-corrected chi connectivity index (χ2v) is 5.73. The van der Waals surface area contributed by atoms with Gasteiger partial charge in [-0.2, -0.15) is 0 Å². The number of benzene rings is 2. The standard InChI is InChI=1S/C19H20N2O3/c22-18(20-23)10-5-13-24-21-19-16-8-3-1-6-14(16)11-12-15-7-2-4-9-17(15)19/h1-4,6-9,23H,5,10-13H2,(H,20,22). The first kappa shape index (κ1) is 16.2. The highest BCUT2D eigenvalue weighted by Crippen LogP contribution is 2.25. The van der Waals surface area contributed by atoms with Crippen LogP contribution in [-0.4, -0.2) is 23.4 Å². The van der Waals surface area contributed by atoms with Crippen LogP contribution in [-0.2, 0) is 22.5 Å². The average Bonchev–Trinajstić information content (AvgIpc) is 2.78. The van der Waals surface area contributed by atoms with Gasteiger partial charge in [0.1, 0.15) is 12.3 Å². The Morgan fingerprint density at radius 1 is 1.04 bits per heavy atom. The van der Waals surface area contributed by atoms with E-state index in [0.29, 0.717) is 13.0 Å². The van der Waals surface area contributed by atoms with Crippen molar-refractivity contribution in [2.75, 3.05) is 6.61 Å². The first-order valence-corrected chi connectivity index (χ1v) is 8.09. The van der Waals surface area contributed by atoms with E-state index in [2.05, 4.69) is 29.4 Å². The molecule has 3 rings (SSSR count). The van der Waals surface area contributed by atoms with Crippen molar-refractivity contribution >= 4 is 11.6 Å². The fraction of sp³-hybridized carbons (Fsp3) is 0.263. The molecule has 124 valence electrons. The fourth-order valence-corrected chi connectivity index (χ4v) is 2.91. The summed E-state index contributed by atoms with van der Waals surface area (Å²) in [6.45, 7) is 0.321. The molecule has 0 saturated heterocycles. The van der Waals surface area contributed by atoms with Gasteiger partial charge in [-0.15, -0.1) is 0 Å². The van der Waals surface area contributed by atoms with Gasteiger partial charge in [-0.3, -0.25) is 10.0 Å². The van der Waals surface area contributed by atoms with Crippen molar-refractivity contribution in [3.05, 3.63) is 70.8 Å². The van der Waals surface area contributed by atoms with E-state index in [4.69, 9.17) is 10.0 Å². The molecule has 0 spiro atoms. The van der Waals surface area contributed by atoms with Crippen molar-refractivity contribution in [1.82, 2.24) is 5.48 Å². The predicted molar refractivity (Wildman–Crippen MR) is 91.0 cm³/mol. The number of amides is 1. The molecule has 0 aliphatic heterocycles. The number of hydrogen-bond acceptors (Lipinski definition) is 4. The molecule has 1 aliphatic rings. The molecule has 1 aliphatic carbocycles. The van der Waals surface area contributed by atoms with E-state index in [1.165, 1.54) is 11.1 Å². The third-order valence-electron chi connectivity index (χ3n) is 4.13. The van der Waals surface area contributed by atoms with E-state index in [9.17, 15) is 4.79 Å². The number of hydroxylamine groups is 1. The van der Waals surface area contributed by atoms with Gasteiger partial charge in [-0.1, -0.05) is 53.7 Å². The maximum Gasteiger partial charge on any atom is 0.243 e. The second-order valence-electron chi connectivity index (χ2n) is 5.73. The number of hydrogen-bond donors (Lipinski definition) is 2. The first-order chi connectivity index (χ1) is 11.8. The van der Waals surface area contributed by atoms with Crippen LogP contribution >= 0.6 is 0 Å². The van der Waals surface area contributed by atoms with E-state index < -0.39 is 5.91 Å². The number of rotatable bonds is 5. The highest BCUT2D eigenvalue weighted by molar-refractivity contribution is 6.14. The zero-order valence-corrected chi connectivity index (χ0v) is 13.4. The zero-order chi connectivity index (χ0) is 16.8. The molecule has 0 radical (unpaired) electrons. The van der Waals surface area contributed by atoms with Crippen molar-refractivity contribution in [1.29, 1.82) is 0 Å². The Morgan fingerprint density at radius 2 is 1.62 bits per heavy atom. The molecule has 0 fully saturated rings. The van der Waals surface area contributed by atoms with Gasteiger partial charge in [0.2, 0.25) is 5.91 Å². The van der Waals surface area contributed by atoms with Crippen LogP contribution in [0.25, 0.3) is 0 Å². The maximum atomic E-state index is 11.0. The van der Waals surface area contributed by atoms with Crippen LogP contribution in [0.3, 0.4) is 0 Å². The van der Waals surface area contributed by atoms with Crippen LogP contribution in [0.15, 0.2) is 53.7 Å². The molecule has 5 nitrogen and oxygen atoms in total. The number of aryl methyl sites for hydroxylation is 2. The lowest BCUT2D eigenvalue weighted by Gasteiger charge is -2.10. The molecule has 24 heavy (non-hydrogen) atoms. The van der Waals surface area contributed by atoms with Gasteiger partial charge in [0.25, 0.3) is 0 Å². The summed E-state index contributed by atoms with van der Waals surface area (Å²) in [4.78, 5) is 16.5. The molecule has 0 bridgehead atoms. The summed E-state index contributed by atoms with van der Waals surface area (Å²) in [5.41, 5.74) is 7.15. The van der Waals surface area contributed by atoms with Crippen molar-refractivity contribution in [3.63, 3.8) is 0 Å². The molecule has 5 heteroatoms. The number of carbonyl (C=O) groups excluding carboxylic acids is 1. The molecule has 2 N–H and O–H groups in total. The normalized spacial score (nSPS) is 12.6. The lowest BCUT2D eigenvalue weighted by molar-refractivity contribution is -0.129. The van der Waals surface area contributed by atoms with Gasteiger partial charge in [0.05, 0.1) is 0 Å². The van der Waals surface area contributed by atoms with Crippen molar-refractivity contribution < 1.29 is 14.8 Å². The number of fused-ring (bicyclic) bond motifs is 2. The monoisotopic (exact) mass is 324 g/mol. The van der Waals surface area contributed by atoms with Crippen molar-refractivity contribution in [3.8, 4) is 0 Å². The van der Waals surface area contributed by atoms with Gasteiger partial charge in [-0.25, -0.2) is 5.48 Å². The van der Waals surface area contributed by atoms with Crippen LogP contribution in [0.1, 0.15) is 35.1 Å². The Bertz CT molecular complexity index is 706. The minimum absolute atomic E-state index is 0.203. The van der Waals surface area contributed by atoms with Crippen LogP contribution in [0.2, 0.25) is 0 Å². The zero-order valence-electron chi connectivity index (χ0n) is 13.4. The minimum atomic E-state index is -0.420. The molecular weight excluding hydrogens is 304 g/mol. The molecule has 0 unspecified atom stereocenters. The van der Waals surface area contributed by atoms with Crippen LogP contribution in [0.4, 0.5) is 0 Å². The quantitative estimate of drug-likeness (QED) is 0.505. The number of nitrogens with one attached hydrogen (secondary N) is 1. The van der Waals surface area contributed by atoms with Crippen LogP contribution in [0.5, 0.6) is 0 Å². The molecule has 2 aromatic carbocycles. The summed E-state index contributed by atoms with van der Waals surface area (Å²) < 4.78 is 0. The van der Waals surface area contributed by atoms with Gasteiger partial charge < -0.3 is 4.84 Å². The molecular formula is C19H20N2O3. The van der Waals surface area contributed by atoms with Crippen molar-refractivity contribution in [2.45, 2.75) is 25.7 Å². The fourth-order valence-electron chi connectivity index (χ4n) is 2.91. The second kappa shape index (κ2) is 7.75. The molecule has 0 atom stereocenters. The van der Waals surface area contributed by atoms with Crippen LogP contribution < -0.4 is 5.48 Å². The van der Waals surface area contributed by atoms with Gasteiger partial charge in [-0.05, 0) is 30.4 Å². The molecule has 2 aromatic rings. The summed E-state index contributed by atoms with van der Waals surface area (Å²) in [6.07, 6.45) is 2.65. The Balaban J connectivity index is 1.82. The summed E-state index contributed by atoms with van der Waals surface area (Å²) in [5.74, 6) is -0.420. The predicted octanol–water partition coefficient (Wildman–Crippen LogP) is 2.84. The molecule has 0 aromatic heterocycles. The SMILES string of the molecule is O=C(CCCON=C1c2ccccc2CCc2ccccc21)NO. The summed E-state index contributed by atoms with van der Waals surface area (Å²) in [7, 11) is 0. The molecule has 1 amide bonds. The van der Waals surface area contributed by atoms with E-state index in [-0.39, 0.29) is 6.42 Å². The highest BCUT2D eigenvalue weighted by Gasteiger charge is 2.19. The average molecular weight is 324 g/mol. The number of oxime groups is 1. The van der Waals surface area contributed by atoms with Crippen molar-refractivity contribution in [2.24, 2.45) is 5.16 Å². The lowest BCUT2D eigenvalue weighted by atomic mass is 9.98. The van der Waals surface area contributed by atoms with Crippen LogP contribution in [0, 0.1) is 0 Å². The maximum absolute atomic E-state index is 11.0. The topological polar surface area (TPSA) is 70.9 Å². The Labute approximate surface area is 140 Å². The minimum Gasteiger partial charge on any atom is -0.395 e. The van der Waals surface area contributed by atoms with E-state index >= 15 is 0 Å². The first-order valence-electron chi connectivity index (χ1n) is 8.09. The number of nitrogens with zero attached hydrogens (tertiary/aromatic N) is 1. The van der Waals surface area contributed by atoms with E-state index in [1.54, 1.807) is 5.48 Å². The Kier molecular flexibility index (Phi) is 5.23. The third-order valence-corrected chi connectivity index (χ3v) is 4.13. The largest absolute Gasteiger partial charge is 0.395 e. The smallest absolute Gasteiger partial charge is 0.243 e. The van der Waals surface area contributed by atoms with Gasteiger partial charge in [0.15, 0.2) is 0 Å². The molecule has 0 saturated carbocycles. The Morgan fingerprint density at radius 3 is 2.21 bits per heavy atom. The summed E-state index contributed by atoms with van der Waals surface area (Å²) in [5, 5.41) is 12.8. The summed E-state index contributed by atoms with van der Waals surface area (Å²) >= 11 is 0. The van der Waals surface area contributed by atoms with E-state index in [0.717, 1.165) is 29.7 Å². The molecule has 0 heterocycles. The lowest BCUT2D eigenvalue weighted by Crippen LogP contribution is -2.18. The highest BCUT2D eigenvalue weighted by atomic mass is 16.6.